The first-order valence-corrected chi connectivity index (χ1v) is 5.63. The molecule has 0 unspecified atom stereocenters. The predicted octanol–water partition coefficient (Wildman–Crippen LogP) is 2.42. The Hall–Kier alpha value is -0.0900. The Morgan fingerprint density at radius 3 is 2.50 bits per heavy atom. The van der Waals surface area contributed by atoms with Crippen molar-refractivity contribution in [2.75, 3.05) is 4.43 Å². The molecule has 1 N–H and O–H groups in total. The fourth-order valence-corrected chi connectivity index (χ4v) is 1.50. The maximum absolute atomic E-state index is 9.31. The average Bonchev–Trinajstić information content (AvgIpc) is 2.16. The Kier molecular flexibility index (Phi) is 4.61. The summed E-state index contributed by atoms with van der Waals surface area (Å²) in [5.41, 5.74) is 1.31. The van der Waals surface area contributed by atoms with E-state index in [-0.39, 0.29) is 6.10 Å². The maximum atomic E-state index is 9.31. The van der Waals surface area contributed by atoms with Gasteiger partial charge in [0, 0.05) is 4.43 Å². The number of hydrogen-bond donors (Lipinski definition) is 1. The van der Waals surface area contributed by atoms with Crippen molar-refractivity contribution >= 4 is 22.6 Å². The lowest BCUT2D eigenvalue weighted by Gasteiger charge is -2.05. The zero-order chi connectivity index (χ0) is 8.81. The van der Waals surface area contributed by atoms with Crippen LogP contribution in [0.3, 0.4) is 0 Å². The molecular formula is C10H13IO. The summed E-state index contributed by atoms with van der Waals surface area (Å²) in [7, 11) is 0. The van der Waals surface area contributed by atoms with Crippen molar-refractivity contribution in [1.29, 1.82) is 0 Å². The van der Waals surface area contributed by atoms with Crippen molar-refractivity contribution in [2.45, 2.75) is 18.9 Å². The van der Waals surface area contributed by atoms with E-state index in [0.29, 0.717) is 0 Å². The molecule has 0 saturated heterocycles. The Balaban J connectivity index is 2.33. The highest BCUT2D eigenvalue weighted by atomic mass is 127. The highest BCUT2D eigenvalue weighted by molar-refractivity contribution is 14.1. The van der Waals surface area contributed by atoms with Gasteiger partial charge in [-0.15, -0.1) is 0 Å². The van der Waals surface area contributed by atoms with Gasteiger partial charge in [0.05, 0.1) is 6.10 Å². The maximum Gasteiger partial charge on any atom is 0.0632 e. The number of rotatable bonds is 4. The molecule has 0 saturated carbocycles. The Morgan fingerprint density at radius 1 is 1.25 bits per heavy atom. The van der Waals surface area contributed by atoms with E-state index in [1.165, 1.54) is 5.56 Å². The topological polar surface area (TPSA) is 20.2 Å². The highest BCUT2D eigenvalue weighted by Crippen LogP contribution is 2.06. The number of halogens is 1. The second kappa shape index (κ2) is 5.54. The van der Waals surface area contributed by atoms with Gasteiger partial charge in [0.2, 0.25) is 0 Å². The lowest BCUT2D eigenvalue weighted by atomic mass is 10.1. The third-order valence-electron chi connectivity index (χ3n) is 1.79. The lowest BCUT2D eigenvalue weighted by Crippen LogP contribution is -2.08. The van der Waals surface area contributed by atoms with Crippen LogP contribution in [-0.4, -0.2) is 15.6 Å². The SMILES string of the molecule is O[C@@H](CI)CCc1ccccc1. The van der Waals surface area contributed by atoms with Crippen LogP contribution in [0.5, 0.6) is 0 Å². The van der Waals surface area contributed by atoms with E-state index in [0.717, 1.165) is 17.3 Å². The van der Waals surface area contributed by atoms with Crippen molar-refractivity contribution in [1.82, 2.24) is 0 Å². The van der Waals surface area contributed by atoms with E-state index < -0.39 is 0 Å². The molecule has 0 aliphatic carbocycles. The van der Waals surface area contributed by atoms with Crippen molar-refractivity contribution in [3.05, 3.63) is 35.9 Å². The first-order chi connectivity index (χ1) is 5.83. The van der Waals surface area contributed by atoms with Crippen LogP contribution in [0.25, 0.3) is 0 Å². The number of benzene rings is 1. The van der Waals surface area contributed by atoms with Crippen LogP contribution < -0.4 is 0 Å². The van der Waals surface area contributed by atoms with Crippen molar-refractivity contribution in [2.24, 2.45) is 0 Å². The summed E-state index contributed by atoms with van der Waals surface area (Å²) in [5, 5.41) is 9.31. The van der Waals surface area contributed by atoms with Gasteiger partial charge < -0.3 is 5.11 Å². The summed E-state index contributed by atoms with van der Waals surface area (Å²) >= 11 is 2.21. The minimum atomic E-state index is -0.147. The van der Waals surface area contributed by atoms with E-state index in [2.05, 4.69) is 34.7 Å². The lowest BCUT2D eigenvalue weighted by molar-refractivity contribution is 0.192. The molecular weight excluding hydrogens is 263 g/mol. The van der Waals surface area contributed by atoms with E-state index in [1.807, 2.05) is 18.2 Å². The number of alkyl halides is 1. The van der Waals surface area contributed by atoms with E-state index in [4.69, 9.17) is 0 Å². The van der Waals surface area contributed by atoms with Crippen LogP contribution in [0.1, 0.15) is 12.0 Å². The van der Waals surface area contributed by atoms with Crippen LogP contribution in [0.15, 0.2) is 30.3 Å². The molecule has 0 heterocycles. The number of hydrogen-bond acceptors (Lipinski definition) is 1. The fraction of sp³-hybridized carbons (Fsp3) is 0.400. The first-order valence-electron chi connectivity index (χ1n) is 4.11. The second-order valence-corrected chi connectivity index (χ2v) is 3.71. The molecule has 1 aromatic rings. The van der Waals surface area contributed by atoms with Gasteiger partial charge in [-0.3, -0.25) is 0 Å². The molecule has 0 bridgehead atoms. The second-order valence-electron chi connectivity index (χ2n) is 2.83. The number of aliphatic hydroxyl groups excluding tert-OH is 1. The zero-order valence-corrected chi connectivity index (χ0v) is 9.07. The third-order valence-corrected chi connectivity index (χ3v) is 2.80. The average molecular weight is 276 g/mol. The smallest absolute Gasteiger partial charge is 0.0632 e. The first kappa shape index (κ1) is 9.99. The van der Waals surface area contributed by atoms with Gasteiger partial charge in [-0.2, -0.15) is 0 Å². The summed E-state index contributed by atoms with van der Waals surface area (Å²) in [6, 6.07) is 10.3. The molecule has 0 radical (unpaired) electrons. The fourth-order valence-electron chi connectivity index (χ4n) is 1.06. The van der Waals surface area contributed by atoms with Gasteiger partial charge in [0.15, 0.2) is 0 Å². The van der Waals surface area contributed by atoms with Gasteiger partial charge in [0.25, 0.3) is 0 Å². The molecule has 2 heteroatoms. The Labute approximate surface area is 86.9 Å². The third kappa shape index (κ3) is 3.54. The quantitative estimate of drug-likeness (QED) is 0.661. The summed E-state index contributed by atoms with van der Waals surface area (Å²) in [4.78, 5) is 0. The van der Waals surface area contributed by atoms with E-state index in [1.54, 1.807) is 0 Å². The molecule has 1 atom stereocenters. The van der Waals surface area contributed by atoms with Crippen molar-refractivity contribution < 1.29 is 5.11 Å². The van der Waals surface area contributed by atoms with Crippen LogP contribution >= 0.6 is 22.6 Å². The van der Waals surface area contributed by atoms with E-state index >= 15 is 0 Å². The highest BCUT2D eigenvalue weighted by Gasteiger charge is 2.00. The zero-order valence-electron chi connectivity index (χ0n) is 6.91. The molecule has 0 amide bonds. The monoisotopic (exact) mass is 276 g/mol. The normalized spacial score (nSPS) is 12.8. The van der Waals surface area contributed by atoms with Gasteiger partial charge >= 0.3 is 0 Å². The molecule has 66 valence electrons. The van der Waals surface area contributed by atoms with Gasteiger partial charge in [-0.1, -0.05) is 52.9 Å². The number of aliphatic hydroxyl groups is 1. The van der Waals surface area contributed by atoms with E-state index in [9.17, 15) is 5.11 Å². The molecule has 0 fully saturated rings. The van der Waals surface area contributed by atoms with Gasteiger partial charge in [0.1, 0.15) is 0 Å². The van der Waals surface area contributed by atoms with Crippen LogP contribution in [0.4, 0.5) is 0 Å². The summed E-state index contributed by atoms with van der Waals surface area (Å²) in [6.45, 7) is 0. The molecule has 1 nitrogen and oxygen atoms in total. The van der Waals surface area contributed by atoms with Crippen LogP contribution in [-0.2, 0) is 6.42 Å². The molecule has 0 aromatic heterocycles. The van der Waals surface area contributed by atoms with Crippen LogP contribution in [0, 0.1) is 0 Å². The van der Waals surface area contributed by atoms with Crippen molar-refractivity contribution in [3.63, 3.8) is 0 Å². The molecule has 12 heavy (non-hydrogen) atoms. The molecule has 1 rings (SSSR count). The molecule has 1 aromatic carbocycles. The minimum absolute atomic E-state index is 0.147. The summed E-state index contributed by atoms with van der Waals surface area (Å²) in [5.74, 6) is 0. The molecule has 0 spiro atoms. The van der Waals surface area contributed by atoms with Crippen molar-refractivity contribution in [3.8, 4) is 0 Å². The summed E-state index contributed by atoms with van der Waals surface area (Å²) < 4.78 is 0.824. The number of aryl methyl sites for hydroxylation is 1. The molecule has 0 aliphatic rings. The standard InChI is InChI=1S/C10H13IO/c11-8-10(12)7-6-9-4-2-1-3-5-9/h1-5,10,12H,6-8H2/t10-/m1/s1. The Morgan fingerprint density at radius 2 is 1.92 bits per heavy atom. The molecule has 0 aliphatic heterocycles. The van der Waals surface area contributed by atoms with Crippen LogP contribution in [0.2, 0.25) is 0 Å². The Bertz CT molecular complexity index is 210. The largest absolute Gasteiger partial charge is 0.392 e. The van der Waals surface area contributed by atoms with Gasteiger partial charge in [-0.05, 0) is 18.4 Å². The predicted molar refractivity (Wildman–Crippen MR) is 59.7 cm³/mol. The summed E-state index contributed by atoms with van der Waals surface area (Å²) in [6.07, 6.45) is 1.70. The van der Waals surface area contributed by atoms with Gasteiger partial charge in [-0.25, -0.2) is 0 Å². The minimum Gasteiger partial charge on any atom is -0.392 e.